The molecule has 8 heteroatoms. The lowest BCUT2D eigenvalue weighted by molar-refractivity contribution is 0.0705. The molecule has 0 unspecified atom stereocenters. The Bertz CT molecular complexity index is 977. The van der Waals surface area contributed by atoms with Crippen LogP contribution in [0.2, 0.25) is 0 Å². The number of carbonyl (C=O) groups excluding carboxylic acids is 1. The zero-order valence-corrected chi connectivity index (χ0v) is 16.5. The molecular formula is C21H26N6O2. The van der Waals surface area contributed by atoms with Crippen molar-refractivity contribution in [3.8, 4) is 0 Å². The Labute approximate surface area is 169 Å². The third-order valence-electron chi connectivity index (χ3n) is 5.67. The summed E-state index contributed by atoms with van der Waals surface area (Å²) in [4.78, 5) is 22.0. The van der Waals surface area contributed by atoms with Gasteiger partial charge in [0.15, 0.2) is 0 Å². The zero-order chi connectivity index (χ0) is 20.2. The molecule has 0 radical (unpaired) electrons. The average molecular weight is 394 g/mol. The topological polar surface area (TPSA) is 95.3 Å². The Morgan fingerprint density at radius 2 is 1.97 bits per heavy atom. The van der Waals surface area contributed by atoms with Gasteiger partial charge in [-0.25, -0.2) is 15.4 Å². The van der Waals surface area contributed by atoms with Crippen molar-refractivity contribution in [2.24, 2.45) is 13.0 Å². The van der Waals surface area contributed by atoms with Crippen LogP contribution in [0.3, 0.4) is 0 Å². The highest BCUT2D eigenvalue weighted by Gasteiger charge is 2.21. The predicted octanol–water partition coefficient (Wildman–Crippen LogP) is 2.09. The van der Waals surface area contributed by atoms with Crippen LogP contribution in [0.4, 0.5) is 5.95 Å². The van der Waals surface area contributed by atoms with Crippen molar-refractivity contribution in [3.63, 3.8) is 0 Å². The van der Waals surface area contributed by atoms with Crippen LogP contribution in [0.5, 0.6) is 0 Å². The van der Waals surface area contributed by atoms with Gasteiger partial charge in [0.2, 0.25) is 5.95 Å². The van der Waals surface area contributed by atoms with Crippen LogP contribution in [0.15, 0.2) is 42.9 Å². The van der Waals surface area contributed by atoms with Crippen molar-refractivity contribution >= 4 is 22.8 Å². The van der Waals surface area contributed by atoms with Crippen molar-refractivity contribution in [1.29, 1.82) is 0 Å². The molecule has 8 nitrogen and oxygen atoms in total. The van der Waals surface area contributed by atoms with Gasteiger partial charge < -0.3 is 14.8 Å². The molecule has 2 aromatic heterocycles. The number of rotatable bonds is 6. The van der Waals surface area contributed by atoms with E-state index in [0.717, 1.165) is 39.0 Å². The highest BCUT2D eigenvalue weighted by Crippen LogP contribution is 2.22. The molecular weight excluding hydrogens is 368 g/mol. The van der Waals surface area contributed by atoms with E-state index in [0.29, 0.717) is 11.9 Å². The van der Waals surface area contributed by atoms with E-state index in [2.05, 4.69) is 62.3 Å². The fourth-order valence-corrected chi connectivity index (χ4v) is 3.93. The van der Waals surface area contributed by atoms with E-state index in [1.165, 1.54) is 28.9 Å². The monoisotopic (exact) mass is 394 g/mol. The zero-order valence-electron chi connectivity index (χ0n) is 16.5. The second-order valence-electron chi connectivity index (χ2n) is 7.55. The summed E-state index contributed by atoms with van der Waals surface area (Å²) in [6.45, 7) is 3.66. The summed E-state index contributed by atoms with van der Waals surface area (Å²) < 4.78 is 2.15. The van der Waals surface area contributed by atoms with E-state index < -0.39 is 5.91 Å². The van der Waals surface area contributed by atoms with Crippen molar-refractivity contribution in [2.45, 2.75) is 19.4 Å². The summed E-state index contributed by atoms with van der Waals surface area (Å²) >= 11 is 0. The number of hydrogen-bond acceptors (Lipinski definition) is 6. The first-order valence-electron chi connectivity index (χ1n) is 9.91. The van der Waals surface area contributed by atoms with Crippen LogP contribution in [0, 0.1) is 5.92 Å². The van der Waals surface area contributed by atoms with Crippen LogP contribution in [-0.4, -0.2) is 45.3 Å². The van der Waals surface area contributed by atoms with Crippen LogP contribution in [0.1, 0.15) is 28.8 Å². The molecule has 1 amide bonds. The van der Waals surface area contributed by atoms with Crippen LogP contribution >= 0.6 is 0 Å². The first kappa shape index (κ1) is 19.4. The number of carbonyl (C=O) groups is 1. The second-order valence-corrected chi connectivity index (χ2v) is 7.55. The maximum absolute atomic E-state index is 11.4. The lowest BCUT2D eigenvalue weighted by atomic mass is 9.97. The third kappa shape index (κ3) is 4.23. The van der Waals surface area contributed by atoms with Gasteiger partial charge in [-0.2, -0.15) is 0 Å². The molecule has 4 rings (SSSR count). The highest BCUT2D eigenvalue weighted by molar-refractivity contribution is 5.92. The summed E-state index contributed by atoms with van der Waals surface area (Å²) in [5, 5.41) is 13.6. The molecule has 1 aromatic carbocycles. The minimum atomic E-state index is -0.604. The number of hydrogen-bond donors (Lipinski definition) is 3. The molecule has 29 heavy (non-hydrogen) atoms. The summed E-state index contributed by atoms with van der Waals surface area (Å²) in [5.41, 5.74) is 4.43. The number of amides is 1. The normalized spacial score (nSPS) is 15.0. The summed E-state index contributed by atoms with van der Waals surface area (Å²) in [6, 6.07) is 8.64. The lowest BCUT2D eigenvalue weighted by Crippen LogP contribution is -2.38. The highest BCUT2D eigenvalue weighted by atomic mass is 16.5. The summed E-state index contributed by atoms with van der Waals surface area (Å²) in [7, 11) is 2.08. The molecule has 0 saturated carbocycles. The van der Waals surface area contributed by atoms with Gasteiger partial charge in [0, 0.05) is 56.2 Å². The lowest BCUT2D eigenvalue weighted by Gasteiger charge is -2.32. The standard InChI is InChI=1S/C21H26N6O2/c1-26-8-7-18-16(3-2-4-19(18)26)12-22-11-15-5-9-27(10-6-15)21-23-13-17(14-24-21)20(28)25-29/h2-4,7-8,13-15,22,29H,5-6,9-12H2,1H3,(H,25,28). The quantitative estimate of drug-likeness (QED) is 0.438. The van der Waals surface area contributed by atoms with Gasteiger partial charge in [-0.1, -0.05) is 12.1 Å². The number of hydroxylamine groups is 1. The molecule has 3 aromatic rings. The Morgan fingerprint density at radius 3 is 2.69 bits per heavy atom. The number of aromatic nitrogens is 3. The Kier molecular flexibility index (Phi) is 5.73. The Balaban J connectivity index is 1.26. The average Bonchev–Trinajstić information content (AvgIpc) is 3.15. The minimum absolute atomic E-state index is 0.240. The van der Waals surface area contributed by atoms with E-state index in [1.54, 1.807) is 5.48 Å². The molecule has 0 atom stereocenters. The summed E-state index contributed by atoms with van der Waals surface area (Å²) in [6.07, 6.45) is 7.13. The van der Waals surface area contributed by atoms with Gasteiger partial charge in [0.05, 0.1) is 5.56 Å². The van der Waals surface area contributed by atoms with Gasteiger partial charge in [0.1, 0.15) is 0 Å². The van der Waals surface area contributed by atoms with E-state index in [4.69, 9.17) is 5.21 Å². The van der Waals surface area contributed by atoms with E-state index in [9.17, 15) is 4.79 Å². The Hall–Kier alpha value is -2.97. The van der Waals surface area contributed by atoms with Crippen LogP contribution in [-0.2, 0) is 13.6 Å². The van der Waals surface area contributed by atoms with Crippen LogP contribution in [0.25, 0.3) is 10.9 Å². The maximum Gasteiger partial charge on any atom is 0.277 e. The summed E-state index contributed by atoms with van der Waals surface area (Å²) in [5.74, 6) is 0.648. The minimum Gasteiger partial charge on any atom is -0.351 e. The number of piperidine rings is 1. The fraction of sp³-hybridized carbons (Fsp3) is 0.381. The fourth-order valence-electron chi connectivity index (χ4n) is 3.93. The molecule has 1 aliphatic rings. The van der Waals surface area contributed by atoms with Gasteiger partial charge in [-0.15, -0.1) is 0 Å². The molecule has 0 spiro atoms. The van der Waals surface area contributed by atoms with Crippen molar-refractivity contribution in [3.05, 3.63) is 54.0 Å². The first-order valence-corrected chi connectivity index (χ1v) is 9.91. The molecule has 0 bridgehead atoms. The van der Waals surface area contributed by atoms with Gasteiger partial charge in [-0.05, 0) is 43.0 Å². The number of aryl methyl sites for hydroxylation is 1. The number of benzene rings is 1. The number of nitrogens with one attached hydrogen (secondary N) is 2. The number of fused-ring (bicyclic) bond motifs is 1. The molecule has 0 aliphatic carbocycles. The van der Waals surface area contributed by atoms with Crippen molar-refractivity contribution < 1.29 is 10.0 Å². The van der Waals surface area contributed by atoms with Crippen molar-refractivity contribution in [1.82, 2.24) is 25.3 Å². The smallest absolute Gasteiger partial charge is 0.277 e. The molecule has 3 heterocycles. The van der Waals surface area contributed by atoms with Crippen molar-refractivity contribution in [2.75, 3.05) is 24.5 Å². The van der Waals surface area contributed by atoms with E-state index >= 15 is 0 Å². The van der Waals surface area contributed by atoms with Crippen LogP contribution < -0.4 is 15.7 Å². The molecule has 1 fully saturated rings. The SMILES string of the molecule is Cn1ccc2c(CNCC3CCN(c4ncc(C(=O)NO)cn4)CC3)cccc21. The maximum atomic E-state index is 11.4. The number of nitrogens with zero attached hydrogens (tertiary/aromatic N) is 4. The molecule has 1 aliphatic heterocycles. The predicted molar refractivity (Wildman–Crippen MR) is 111 cm³/mol. The first-order chi connectivity index (χ1) is 14.2. The Morgan fingerprint density at radius 1 is 1.21 bits per heavy atom. The third-order valence-corrected chi connectivity index (χ3v) is 5.67. The van der Waals surface area contributed by atoms with Gasteiger partial charge in [0.25, 0.3) is 5.91 Å². The molecule has 1 saturated heterocycles. The largest absolute Gasteiger partial charge is 0.351 e. The van der Waals surface area contributed by atoms with E-state index in [-0.39, 0.29) is 5.56 Å². The second kappa shape index (κ2) is 8.59. The molecule has 3 N–H and O–H groups in total. The van der Waals surface area contributed by atoms with E-state index in [1.807, 2.05) is 0 Å². The number of anilines is 1. The van der Waals surface area contributed by atoms with Gasteiger partial charge in [-0.3, -0.25) is 10.0 Å². The molecule has 152 valence electrons. The van der Waals surface area contributed by atoms with Gasteiger partial charge >= 0.3 is 0 Å².